The second-order valence-electron chi connectivity index (χ2n) is 6.46. The lowest BCUT2D eigenvalue weighted by molar-refractivity contribution is 0.0722. The molecule has 1 fully saturated rings. The first-order chi connectivity index (χ1) is 12.7. The molecule has 4 rings (SSSR count). The summed E-state index contributed by atoms with van der Waals surface area (Å²) in [5.41, 5.74) is 1.42. The van der Waals surface area contributed by atoms with Gasteiger partial charge in [0.05, 0.1) is 17.3 Å². The fraction of sp³-hybridized carbons (Fsp3) is 0.421. The number of rotatable bonds is 3. The third kappa shape index (κ3) is 2.94. The maximum Gasteiger partial charge on any atom is 0.258 e. The molecule has 1 aromatic carbocycles. The molecule has 136 valence electrons. The zero-order valence-corrected chi connectivity index (χ0v) is 15.0. The summed E-state index contributed by atoms with van der Waals surface area (Å²) in [5, 5.41) is 3.06. The molecule has 1 N–H and O–H groups in total. The van der Waals surface area contributed by atoms with Crippen molar-refractivity contribution in [2.24, 2.45) is 0 Å². The number of fused-ring (bicyclic) bond motifs is 1. The van der Waals surface area contributed by atoms with Crippen molar-refractivity contribution in [2.75, 3.05) is 32.1 Å². The highest BCUT2D eigenvalue weighted by Gasteiger charge is 2.34. The van der Waals surface area contributed by atoms with E-state index in [1.807, 2.05) is 37.1 Å². The molecule has 0 aliphatic carbocycles. The predicted molar refractivity (Wildman–Crippen MR) is 96.8 cm³/mol. The van der Waals surface area contributed by atoms with E-state index in [0.717, 1.165) is 24.4 Å². The lowest BCUT2D eigenvalue weighted by atomic mass is 10.1. The molecule has 2 aliphatic heterocycles. The van der Waals surface area contributed by atoms with E-state index in [2.05, 4.69) is 15.3 Å². The van der Waals surface area contributed by atoms with Crippen LogP contribution in [0.2, 0.25) is 0 Å². The fourth-order valence-electron chi connectivity index (χ4n) is 3.60. The highest BCUT2D eigenvalue weighted by atomic mass is 16.6. The van der Waals surface area contributed by atoms with Crippen molar-refractivity contribution in [3.8, 4) is 11.5 Å². The summed E-state index contributed by atoms with van der Waals surface area (Å²) in [7, 11) is 1.83. The van der Waals surface area contributed by atoms with Gasteiger partial charge in [-0.1, -0.05) is 6.07 Å². The zero-order valence-electron chi connectivity index (χ0n) is 15.0. The van der Waals surface area contributed by atoms with E-state index < -0.39 is 0 Å². The number of nitrogens with zero attached hydrogens (tertiary/aromatic N) is 3. The first kappa shape index (κ1) is 16.6. The van der Waals surface area contributed by atoms with E-state index in [1.165, 1.54) is 0 Å². The number of hydrogen-bond donors (Lipinski definition) is 1. The Kier molecular flexibility index (Phi) is 4.36. The number of aryl methyl sites for hydroxylation is 1. The lowest BCUT2D eigenvalue weighted by Gasteiger charge is -2.27. The summed E-state index contributed by atoms with van der Waals surface area (Å²) in [5.74, 6) is 2.59. The van der Waals surface area contributed by atoms with Gasteiger partial charge in [-0.25, -0.2) is 9.97 Å². The highest BCUT2D eigenvalue weighted by molar-refractivity contribution is 5.98. The van der Waals surface area contributed by atoms with E-state index in [-0.39, 0.29) is 11.9 Å². The van der Waals surface area contributed by atoms with Crippen molar-refractivity contribution >= 4 is 11.7 Å². The molecule has 3 heterocycles. The van der Waals surface area contributed by atoms with Crippen LogP contribution in [0.15, 0.2) is 24.3 Å². The van der Waals surface area contributed by atoms with E-state index in [0.29, 0.717) is 42.6 Å². The summed E-state index contributed by atoms with van der Waals surface area (Å²) in [6, 6.07) is 7.33. The van der Waals surface area contributed by atoms with E-state index in [4.69, 9.17) is 9.47 Å². The average Bonchev–Trinajstić information content (AvgIpc) is 3.16. The minimum absolute atomic E-state index is 0.0443. The Morgan fingerprint density at radius 3 is 2.96 bits per heavy atom. The monoisotopic (exact) mass is 354 g/mol. The van der Waals surface area contributed by atoms with E-state index >= 15 is 0 Å². The molecular weight excluding hydrogens is 332 g/mol. The van der Waals surface area contributed by atoms with Gasteiger partial charge in [0.25, 0.3) is 5.91 Å². The topological polar surface area (TPSA) is 76.6 Å². The van der Waals surface area contributed by atoms with E-state index in [1.54, 1.807) is 6.07 Å². The predicted octanol–water partition coefficient (Wildman–Crippen LogP) is 2.58. The Balaban J connectivity index is 1.67. The molecule has 1 unspecified atom stereocenters. The molecule has 26 heavy (non-hydrogen) atoms. The number of likely N-dealkylation sites (tertiary alicyclic amines) is 1. The molecule has 0 bridgehead atoms. The molecular formula is C19H22N4O3. The summed E-state index contributed by atoms with van der Waals surface area (Å²) in [6.07, 6.45) is 1.83. The zero-order chi connectivity index (χ0) is 18.1. The molecule has 1 aromatic heterocycles. The van der Waals surface area contributed by atoms with Gasteiger partial charge in [-0.05, 0) is 31.9 Å². The van der Waals surface area contributed by atoms with Crippen LogP contribution in [0.5, 0.6) is 11.5 Å². The van der Waals surface area contributed by atoms with Crippen molar-refractivity contribution in [3.63, 3.8) is 0 Å². The number of carbonyl (C=O) groups is 1. The summed E-state index contributed by atoms with van der Waals surface area (Å²) < 4.78 is 11.3. The summed E-state index contributed by atoms with van der Waals surface area (Å²) in [4.78, 5) is 24.1. The SMILES string of the molecule is CNc1cc(C2CCCN2C(=O)c2cccc3c2OCCO3)nc(C)n1. The van der Waals surface area contributed by atoms with Gasteiger partial charge in [0, 0.05) is 19.7 Å². The van der Waals surface area contributed by atoms with Crippen LogP contribution in [0.25, 0.3) is 0 Å². The number of amides is 1. The van der Waals surface area contributed by atoms with Crippen molar-refractivity contribution in [1.29, 1.82) is 0 Å². The first-order valence-corrected chi connectivity index (χ1v) is 8.90. The van der Waals surface area contributed by atoms with Crippen LogP contribution in [0.3, 0.4) is 0 Å². The van der Waals surface area contributed by atoms with Crippen LogP contribution in [0.1, 0.15) is 40.8 Å². The molecule has 0 radical (unpaired) electrons. The Morgan fingerprint density at radius 1 is 1.27 bits per heavy atom. The molecule has 7 nitrogen and oxygen atoms in total. The number of para-hydroxylation sites is 1. The maximum atomic E-state index is 13.3. The average molecular weight is 354 g/mol. The number of carbonyl (C=O) groups excluding carboxylic acids is 1. The number of benzene rings is 1. The minimum atomic E-state index is -0.0586. The number of nitrogens with one attached hydrogen (secondary N) is 1. The summed E-state index contributed by atoms with van der Waals surface area (Å²) in [6.45, 7) is 3.53. The Labute approximate surface area is 152 Å². The number of ether oxygens (including phenoxy) is 2. The van der Waals surface area contributed by atoms with Crippen LogP contribution in [0.4, 0.5) is 5.82 Å². The van der Waals surface area contributed by atoms with Crippen LogP contribution in [-0.4, -0.2) is 47.6 Å². The van der Waals surface area contributed by atoms with Gasteiger partial charge in [0.2, 0.25) is 0 Å². The van der Waals surface area contributed by atoms with Gasteiger partial charge in [-0.2, -0.15) is 0 Å². The minimum Gasteiger partial charge on any atom is -0.486 e. The molecule has 0 saturated carbocycles. The van der Waals surface area contributed by atoms with Gasteiger partial charge in [0.15, 0.2) is 11.5 Å². The molecule has 2 aromatic rings. The molecule has 1 atom stereocenters. The molecule has 1 saturated heterocycles. The van der Waals surface area contributed by atoms with E-state index in [9.17, 15) is 4.79 Å². The second kappa shape index (κ2) is 6.82. The maximum absolute atomic E-state index is 13.3. The van der Waals surface area contributed by atoms with Crippen molar-refractivity contribution in [2.45, 2.75) is 25.8 Å². The smallest absolute Gasteiger partial charge is 0.258 e. The highest BCUT2D eigenvalue weighted by Crippen LogP contribution is 2.38. The number of anilines is 1. The van der Waals surface area contributed by atoms with Gasteiger partial charge >= 0.3 is 0 Å². The number of hydrogen-bond acceptors (Lipinski definition) is 6. The third-order valence-electron chi connectivity index (χ3n) is 4.77. The summed E-state index contributed by atoms with van der Waals surface area (Å²) >= 11 is 0. The fourth-order valence-corrected chi connectivity index (χ4v) is 3.60. The van der Waals surface area contributed by atoms with Gasteiger partial charge in [-0.3, -0.25) is 4.79 Å². The second-order valence-corrected chi connectivity index (χ2v) is 6.46. The third-order valence-corrected chi connectivity index (χ3v) is 4.77. The van der Waals surface area contributed by atoms with Crippen molar-refractivity contribution < 1.29 is 14.3 Å². The first-order valence-electron chi connectivity index (χ1n) is 8.90. The Morgan fingerprint density at radius 2 is 2.12 bits per heavy atom. The molecule has 0 spiro atoms. The van der Waals surface area contributed by atoms with Gasteiger partial charge in [-0.15, -0.1) is 0 Å². The normalized spacial score (nSPS) is 18.7. The van der Waals surface area contributed by atoms with Gasteiger partial charge in [0.1, 0.15) is 24.9 Å². The van der Waals surface area contributed by atoms with Crippen molar-refractivity contribution in [1.82, 2.24) is 14.9 Å². The molecule has 1 amide bonds. The number of aromatic nitrogens is 2. The Bertz CT molecular complexity index is 840. The largest absolute Gasteiger partial charge is 0.486 e. The lowest BCUT2D eigenvalue weighted by Crippen LogP contribution is -2.32. The van der Waals surface area contributed by atoms with Crippen LogP contribution in [-0.2, 0) is 0 Å². The molecule has 7 heteroatoms. The van der Waals surface area contributed by atoms with Crippen molar-refractivity contribution in [3.05, 3.63) is 41.3 Å². The molecule has 2 aliphatic rings. The van der Waals surface area contributed by atoms with Crippen LogP contribution < -0.4 is 14.8 Å². The van der Waals surface area contributed by atoms with Gasteiger partial charge < -0.3 is 19.7 Å². The Hall–Kier alpha value is -2.83. The quantitative estimate of drug-likeness (QED) is 0.913. The standard InChI is InChI=1S/C19H22N4O3/c1-12-21-14(11-17(20-2)22-12)15-6-4-8-23(15)19(24)13-5-3-7-16-18(13)26-10-9-25-16/h3,5,7,11,15H,4,6,8-10H2,1-2H3,(H,20,21,22). The van der Waals surface area contributed by atoms with Crippen LogP contribution >= 0.6 is 0 Å². The van der Waals surface area contributed by atoms with Crippen LogP contribution in [0, 0.1) is 6.92 Å².